The van der Waals surface area contributed by atoms with Crippen molar-refractivity contribution in [2.75, 3.05) is 5.01 Å². The molecule has 1 aliphatic heterocycles. The molecule has 0 radical (unpaired) electrons. The van der Waals surface area contributed by atoms with Crippen LogP contribution in [-0.2, 0) is 4.79 Å². The molecule has 0 spiro atoms. The summed E-state index contributed by atoms with van der Waals surface area (Å²) < 4.78 is 16.1. The van der Waals surface area contributed by atoms with Gasteiger partial charge in [0, 0.05) is 17.0 Å². The zero-order valence-corrected chi connectivity index (χ0v) is 14.7. The molecular weight excluding hydrogens is 355 g/mol. The van der Waals surface area contributed by atoms with Crippen molar-refractivity contribution in [3.05, 3.63) is 63.0 Å². The van der Waals surface area contributed by atoms with Gasteiger partial charge < -0.3 is 0 Å². The maximum atomic E-state index is 13.9. The van der Waals surface area contributed by atoms with Crippen molar-refractivity contribution in [1.29, 1.82) is 0 Å². The minimum atomic E-state index is -0.476. The lowest BCUT2D eigenvalue weighted by molar-refractivity contribution is -0.114. The number of amides is 1. The predicted molar refractivity (Wildman–Crippen MR) is 96.7 cm³/mol. The molecule has 3 rings (SSSR count). The van der Waals surface area contributed by atoms with E-state index in [9.17, 15) is 9.18 Å². The summed E-state index contributed by atoms with van der Waals surface area (Å²) in [6, 6.07) is 8.22. The Morgan fingerprint density at radius 1 is 1.22 bits per heavy atom. The summed E-state index contributed by atoms with van der Waals surface area (Å²) in [6.07, 6.45) is 1.45. The number of halogens is 2. The molecule has 3 nitrogen and oxygen atoms in total. The summed E-state index contributed by atoms with van der Waals surface area (Å²) in [5.41, 5.74) is 1.98. The Kier molecular flexibility index (Phi) is 4.31. The third kappa shape index (κ3) is 2.82. The van der Waals surface area contributed by atoms with Gasteiger partial charge in [-0.3, -0.25) is 9.47 Å². The van der Waals surface area contributed by atoms with Crippen LogP contribution in [0.2, 0.25) is 5.02 Å². The second-order valence-corrected chi connectivity index (χ2v) is 7.14. The van der Waals surface area contributed by atoms with Crippen LogP contribution in [0.15, 0.2) is 35.2 Å². The molecule has 7 heteroatoms. The van der Waals surface area contributed by atoms with E-state index in [1.165, 1.54) is 23.2 Å². The van der Waals surface area contributed by atoms with Gasteiger partial charge in [-0.2, -0.15) is 5.01 Å². The Bertz CT molecular complexity index is 820. The molecule has 0 unspecified atom stereocenters. The van der Waals surface area contributed by atoms with E-state index in [0.29, 0.717) is 9.23 Å². The van der Waals surface area contributed by atoms with Gasteiger partial charge in [0.05, 0.1) is 9.93 Å². The first-order valence-corrected chi connectivity index (χ1v) is 8.37. The van der Waals surface area contributed by atoms with E-state index in [2.05, 4.69) is 0 Å². The van der Waals surface area contributed by atoms with Gasteiger partial charge in [0.15, 0.2) is 4.32 Å². The number of benzene rings is 1. The topological polar surface area (TPSA) is 25.2 Å². The highest BCUT2D eigenvalue weighted by atomic mass is 35.5. The van der Waals surface area contributed by atoms with Crippen molar-refractivity contribution in [2.45, 2.75) is 13.8 Å². The molecule has 23 heavy (non-hydrogen) atoms. The summed E-state index contributed by atoms with van der Waals surface area (Å²) in [5.74, 6) is -0.766. The van der Waals surface area contributed by atoms with E-state index < -0.39 is 5.82 Å². The summed E-state index contributed by atoms with van der Waals surface area (Å²) in [7, 11) is 0. The third-order valence-corrected chi connectivity index (χ3v) is 5.09. The normalized spacial score (nSPS) is 16.7. The van der Waals surface area contributed by atoms with Crippen LogP contribution >= 0.6 is 35.6 Å². The van der Waals surface area contributed by atoms with Crippen molar-refractivity contribution in [3.63, 3.8) is 0 Å². The first-order chi connectivity index (χ1) is 10.9. The molecule has 1 fully saturated rings. The van der Waals surface area contributed by atoms with Crippen LogP contribution in [0.25, 0.3) is 6.08 Å². The maximum absolute atomic E-state index is 13.9. The van der Waals surface area contributed by atoms with Gasteiger partial charge in [-0.05, 0) is 56.4 Å². The van der Waals surface area contributed by atoms with Gasteiger partial charge in [0.25, 0.3) is 5.91 Å². The Hall–Kier alpha value is -1.63. The number of thioether (sulfide) groups is 1. The highest BCUT2D eigenvalue weighted by Gasteiger charge is 2.35. The fourth-order valence-electron chi connectivity index (χ4n) is 2.39. The summed E-state index contributed by atoms with van der Waals surface area (Å²) >= 11 is 12.5. The van der Waals surface area contributed by atoms with Gasteiger partial charge in [-0.15, -0.1) is 0 Å². The molecule has 2 aromatic rings. The summed E-state index contributed by atoms with van der Waals surface area (Å²) in [6.45, 7) is 3.78. The van der Waals surface area contributed by atoms with Crippen LogP contribution in [0.4, 0.5) is 4.39 Å². The highest BCUT2D eigenvalue weighted by Crippen LogP contribution is 2.34. The Morgan fingerprint density at radius 2 is 1.87 bits per heavy atom. The maximum Gasteiger partial charge on any atom is 0.285 e. The van der Waals surface area contributed by atoms with E-state index in [-0.39, 0.29) is 16.5 Å². The molecule has 1 aromatic carbocycles. The fraction of sp³-hybridized carbons (Fsp3) is 0.125. The van der Waals surface area contributed by atoms with Crippen molar-refractivity contribution in [2.24, 2.45) is 0 Å². The van der Waals surface area contributed by atoms with Gasteiger partial charge in [-0.25, -0.2) is 4.39 Å². The van der Waals surface area contributed by atoms with Crippen LogP contribution in [0.3, 0.4) is 0 Å². The number of hydrogen-bond donors (Lipinski definition) is 0. The first kappa shape index (κ1) is 16.2. The first-order valence-electron chi connectivity index (χ1n) is 6.77. The second-order valence-electron chi connectivity index (χ2n) is 5.06. The van der Waals surface area contributed by atoms with Gasteiger partial charge in [0.2, 0.25) is 0 Å². The number of aryl methyl sites for hydroxylation is 2. The van der Waals surface area contributed by atoms with Crippen LogP contribution in [0.1, 0.15) is 17.0 Å². The van der Waals surface area contributed by atoms with Crippen LogP contribution < -0.4 is 5.01 Å². The molecule has 0 N–H and O–H groups in total. The number of thiocarbonyl (C=S) groups is 1. The zero-order chi connectivity index (χ0) is 16.7. The zero-order valence-electron chi connectivity index (χ0n) is 12.3. The average molecular weight is 367 g/mol. The van der Waals surface area contributed by atoms with E-state index >= 15 is 0 Å². The Morgan fingerprint density at radius 3 is 2.48 bits per heavy atom. The molecule has 2 heterocycles. The van der Waals surface area contributed by atoms with Crippen molar-refractivity contribution < 1.29 is 9.18 Å². The van der Waals surface area contributed by atoms with Crippen LogP contribution in [0.5, 0.6) is 0 Å². The fourth-order valence-corrected chi connectivity index (χ4v) is 3.83. The molecule has 0 bridgehead atoms. The second kappa shape index (κ2) is 6.11. The summed E-state index contributed by atoms with van der Waals surface area (Å²) in [4.78, 5) is 13.1. The lowest BCUT2D eigenvalue weighted by Crippen LogP contribution is -2.39. The minimum Gasteiger partial charge on any atom is -0.266 e. The molecule has 1 aliphatic rings. The number of hydrogen-bond acceptors (Lipinski definition) is 3. The van der Waals surface area contributed by atoms with Gasteiger partial charge >= 0.3 is 0 Å². The molecule has 0 saturated carbocycles. The van der Waals surface area contributed by atoms with E-state index in [4.69, 9.17) is 23.8 Å². The van der Waals surface area contributed by atoms with Crippen LogP contribution in [-0.4, -0.2) is 14.9 Å². The number of aromatic nitrogens is 1. The van der Waals surface area contributed by atoms with Gasteiger partial charge in [0.1, 0.15) is 5.82 Å². The van der Waals surface area contributed by atoms with Gasteiger partial charge in [-0.1, -0.05) is 29.4 Å². The quantitative estimate of drug-likeness (QED) is 0.580. The molecule has 0 atom stereocenters. The Balaban J connectivity index is 2.04. The lowest BCUT2D eigenvalue weighted by atomic mass is 10.2. The van der Waals surface area contributed by atoms with E-state index in [1.54, 1.807) is 10.7 Å². The monoisotopic (exact) mass is 366 g/mol. The lowest BCUT2D eigenvalue weighted by Gasteiger charge is -2.20. The molecule has 118 valence electrons. The third-order valence-electron chi connectivity index (χ3n) is 3.48. The summed E-state index contributed by atoms with van der Waals surface area (Å²) in [5, 5.41) is 1.68. The number of rotatable bonds is 2. The number of carbonyl (C=O) groups excluding carboxylic acids is 1. The van der Waals surface area contributed by atoms with Crippen LogP contribution in [0, 0.1) is 19.7 Å². The molecule has 1 amide bonds. The number of nitrogens with zero attached hydrogens (tertiary/aromatic N) is 2. The predicted octanol–water partition coefficient (Wildman–Crippen LogP) is 4.43. The highest BCUT2D eigenvalue weighted by molar-refractivity contribution is 8.27. The molecule has 1 aromatic heterocycles. The standard InChI is InChI=1S/C16H12ClFN2OS2/c1-9-6-7-10(2)19(9)20-15(21)14(23-16(20)22)8-11-12(17)4-3-5-13(11)18/h3-8H,1-2H3. The van der Waals surface area contributed by atoms with Crippen molar-refractivity contribution in [1.82, 2.24) is 4.68 Å². The van der Waals surface area contributed by atoms with E-state index in [0.717, 1.165) is 23.1 Å². The Labute approximate surface area is 147 Å². The number of carbonyl (C=O) groups is 1. The SMILES string of the molecule is Cc1ccc(C)n1N1C(=O)C(=Cc2c(F)cccc2Cl)SC1=S. The molecular formula is C16H12ClFN2OS2. The van der Waals surface area contributed by atoms with E-state index in [1.807, 2.05) is 26.0 Å². The largest absolute Gasteiger partial charge is 0.285 e. The molecule has 1 saturated heterocycles. The molecule has 0 aliphatic carbocycles. The van der Waals surface area contributed by atoms with Crippen molar-refractivity contribution >= 4 is 51.9 Å². The van der Waals surface area contributed by atoms with Crippen molar-refractivity contribution in [3.8, 4) is 0 Å². The smallest absolute Gasteiger partial charge is 0.266 e. The average Bonchev–Trinajstić information content (AvgIpc) is 2.95. The minimum absolute atomic E-state index is 0.190.